The molecule has 0 saturated carbocycles. The Hall–Kier alpha value is -3.06. The van der Waals surface area contributed by atoms with Crippen molar-refractivity contribution in [1.29, 1.82) is 0 Å². The summed E-state index contributed by atoms with van der Waals surface area (Å²) < 4.78 is 11.0. The number of likely N-dealkylation sites (tertiary alicyclic amines) is 1. The summed E-state index contributed by atoms with van der Waals surface area (Å²) in [7, 11) is 2.11. The number of rotatable bonds is 6. The first-order valence-electron chi connectivity index (χ1n) is 14.2. The van der Waals surface area contributed by atoms with E-state index in [2.05, 4.69) is 27.9 Å². The first kappa shape index (κ1) is 29.9. The minimum absolute atomic E-state index is 0.0131. The van der Waals surface area contributed by atoms with Crippen molar-refractivity contribution in [1.82, 2.24) is 30.7 Å². The molecule has 1 aromatic carbocycles. The smallest absolute Gasteiger partial charge is 0.251 e. The molecule has 220 valence electrons. The van der Waals surface area contributed by atoms with Crippen LogP contribution in [0.5, 0.6) is 0 Å². The van der Waals surface area contributed by atoms with Crippen LogP contribution in [0.1, 0.15) is 29.6 Å². The number of hydrogen-bond acceptors (Lipinski definition) is 8. The van der Waals surface area contributed by atoms with Gasteiger partial charge < -0.3 is 40.1 Å². The fourth-order valence-electron chi connectivity index (χ4n) is 5.37. The van der Waals surface area contributed by atoms with Gasteiger partial charge in [0, 0.05) is 43.8 Å². The SMILES string of the molecule is CN1CCC(N[C@H]2C[C@H]3C(=O)NCCOCCOCC(=O)N(CCNC(=O)c4ccccc4)CC(=O)N3C2)CC1. The molecule has 0 spiro atoms. The van der Waals surface area contributed by atoms with Crippen LogP contribution in [0.3, 0.4) is 0 Å². The van der Waals surface area contributed by atoms with Gasteiger partial charge in [-0.1, -0.05) is 18.2 Å². The minimum atomic E-state index is -0.632. The van der Waals surface area contributed by atoms with Crippen molar-refractivity contribution in [3.63, 3.8) is 0 Å². The zero-order chi connectivity index (χ0) is 28.3. The number of nitrogens with zero attached hydrogens (tertiary/aromatic N) is 3. The molecule has 0 radical (unpaired) electrons. The van der Waals surface area contributed by atoms with Crippen LogP contribution in [0.4, 0.5) is 0 Å². The molecule has 1 aromatic rings. The van der Waals surface area contributed by atoms with Gasteiger partial charge in [0.1, 0.15) is 12.6 Å². The number of amides is 4. The Morgan fingerprint density at radius 3 is 2.52 bits per heavy atom. The summed E-state index contributed by atoms with van der Waals surface area (Å²) in [6.07, 6.45) is 2.55. The highest BCUT2D eigenvalue weighted by Gasteiger charge is 2.40. The summed E-state index contributed by atoms with van der Waals surface area (Å²) in [5, 5.41) is 9.37. The fraction of sp³-hybridized carbons (Fsp3) is 0.643. The second kappa shape index (κ2) is 15.1. The molecule has 0 aromatic heterocycles. The zero-order valence-corrected chi connectivity index (χ0v) is 23.3. The van der Waals surface area contributed by atoms with Crippen molar-refractivity contribution in [3.8, 4) is 0 Å². The number of ether oxygens (including phenoxy) is 2. The van der Waals surface area contributed by atoms with E-state index in [0.717, 1.165) is 25.9 Å². The van der Waals surface area contributed by atoms with Crippen molar-refractivity contribution < 1.29 is 28.7 Å². The van der Waals surface area contributed by atoms with Gasteiger partial charge in [-0.3, -0.25) is 19.2 Å². The van der Waals surface area contributed by atoms with E-state index >= 15 is 0 Å². The molecular formula is C28H42N6O6. The van der Waals surface area contributed by atoms with Gasteiger partial charge in [0.15, 0.2) is 0 Å². The van der Waals surface area contributed by atoms with E-state index in [1.165, 1.54) is 4.90 Å². The molecule has 12 nitrogen and oxygen atoms in total. The highest BCUT2D eigenvalue weighted by Crippen LogP contribution is 2.21. The lowest BCUT2D eigenvalue weighted by Gasteiger charge is -2.31. The van der Waals surface area contributed by atoms with E-state index in [9.17, 15) is 19.2 Å². The molecule has 3 heterocycles. The highest BCUT2D eigenvalue weighted by molar-refractivity contribution is 5.94. The van der Waals surface area contributed by atoms with Crippen LogP contribution in [0.15, 0.2) is 30.3 Å². The summed E-state index contributed by atoms with van der Waals surface area (Å²) in [6.45, 7) is 3.44. The fourth-order valence-corrected chi connectivity index (χ4v) is 5.37. The average molecular weight is 559 g/mol. The van der Waals surface area contributed by atoms with E-state index < -0.39 is 6.04 Å². The number of piperidine rings is 1. The van der Waals surface area contributed by atoms with Gasteiger partial charge >= 0.3 is 0 Å². The Labute approximate surface area is 235 Å². The van der Waals surface area contributed by atoms with Crippen molar-refractivity contribution >= 4 is 23.6 Å². The van der Waals surface area contributed by atoms with Gasteiger partial charge in [-0.25, -0.2) is 0 Å². The number of benzene rings is 1. The highest BCUT2D eigenvalue weighted by atomic mass is 16.5. The van der Waals surface area contributed by atoms with Gasteiger partial charge in [-0.2, -0.15) is 0 Å². The summed E-state index contributed by atoms with van der Waals surface area (Å²) >= 11 is 0. The summed E-state index contributed by atoms with van der Waals surface area (Å²) in [5.74, 6) is -1.14. The van der Waals surface area contributed by atoms with E-state index in [-0.39, 0.29) is 69.1 Å². The number of carbonyl (C=O) groups is 4. The lowest BCUT2D eigenvalue weighted by atomic mass is 10.0. The Bertz CT molecular complexity index is 1000. The molecule has 3 N–H and O–H groups in total. The molecule has 4 rings (SSSR count). The molecule has 2 atom stereocenters. The van der Waals surface area contributed by atoms with Crippen molar-refractivity contribution in [2.45, 2.75) is 37.4 Å². The first-order valence-corrected chi connectivity index (χ1v) is 14.2. The van der Waals surface area contributed by atoms with Crippen LogP contribution in [0.2, 0.25) is 0 Å². The predicted molar refractivity (Wildman–Crippen MR) is 148 cm³/mol. The van der Waals surface area contributed by atoms with Crippen LogP contribution in [-0.2, 0) is 23.9 Å². The maximum absolute atomic E-state index is 13.6. The Kier molecular flexibility index (Phi) is 11.3. The zero-order valence-electron chi connectivity index (χ0n) is 23.3. The topological polar surface area (TPSA) is 133 Å². The van der Waals surface area contributed by atoms with E-state index in [1.54, 1.807) is 29.2 Å². The van der Waals surface area contributed by atoms with Gasteiger partial charge in [0.2, 0.25) is 17.7 Å². The molecular weight excluding hydrogens is 516 g/mol. The molecule has 3 aliphatic rings. The third kappa shape index (κ3) is 8.72. The molecule has 4 amide bonds. The van der Waals surface area contributed by atoms with E-state index in [1.807, 2.05) is 6.07 Å². The largest absolute Gasteiger partial charge is 0.377 e. The van der Waals surface area contributed by atoms with Gasteiger partial charge in [0.05, 0.1) is 26.4 Å². The normalized spacial score (nSPS) is 24.7. The predicted octanol–water partition coefficient (Wildman–Crippen LogP) is -0.939. The average Bonchev–Trinajstić information content (AvgIpc) is 3.38. The lowest BCUT2D eigenvalue weighted by molar-refractivity contribution is -0.145. The molecule has 0 bridgehead atoms. The monoisotopic (exact) mass is 558 g/mol. The maximum Gasteiger partial charge on any atom is 0.251 e. The first-order chi connectivity index (χ1) is 19.4. The quantitative estimate of drug-likeness (QED) is 0.408. The van der Waals surface area contributed by atoms with Crippen LogP contribution in [-0.4, -0.2) is 136 Å². The van der Waals surface area contributed by atoms with Gasteiger partial charge in [0.25, 0.3) is 5.91 Å². The molecule has 3 aliphatic heterocycles. The second-order valence-electron chi connectivity index (χ2n) is 10.6. The summed E-state index contributed by atoms with van der Waals surface area (Å²) in [5.41, 5.74) is 0.513. The molecule has 40 heavy (non-hydrogen) atoms. The van der Waals surface area contributed by atoms with E-state index in [4.69, 9.17) is 9.47 Å². The maximum atomic E-state index is 13.6. The van der Waals surface area contributed by atoms with Crippen molar-refractivity contribution in [2.24, 2.45) is 0 Å². The Morgan fingerprint density at radius 1 is 1.00 bits per heavy atom. The van der Waals surface area contributed by atoms with Crippen LogP contribution < -0.4 is 16.0 Å². The standard InChI is InChI=1S/C28H42N6O6/c1-32-11-7-22(8-12-32)31-23-17-24-28(38)30-10-14-39-15-16-40-20-26(36)33(19-25(35)34(24)18-23)13-9-29-27(37)21-5-3-2-4-6-21/h2-6,22-24,31H,7-20H2,1H3,(H,29,37)(H,30,38)/t23-,24-/m0/s1. The number of fused-ring (bicyclic) bond motifs is 1. The Balaban J connectivity index is 1.42. The lowest BCUT2D eigenvalue weighted by Crippen LogP contribution is -2.51. The van der Waals surface area contributed by atoms with Crippen LogP contribution in [0, 0.1) is 0 Å². The van der Waals surface area contributed by atoms with Gasteiger partial charge in [-0.15, -0.1) is 0 Å². The molecule has 0 aliphatic carbocycles. The Morgan fingerprint density at radius 2 is 1.75 bits per heavy atom. The third-order valence-corrected chi connectivity index (χ3v) is 7.64. The van der Waals surface area contributed by atoms with Crippen LogP contribution >= 0.6 is 0 Å². The summed E-state index contributed by atoms with van der Waals surface area (Å²) in [4.78, 5) is 57.5. The molecule has 3 fully saturated rings. The molecule has 0 unspecified atom stereocenters. The third-order valence-electron chi connectivity index (χ3n) is 7.64. The molecule has 12 heteroatoms. The van der Waals surface area contributed by atoms with E-state index in [0.29, 0.717) is 37.7 Å². The number of nitrogens with one attached hydrogen (secondary N) is 3. The summed E-state index contributed by atoms with van der Waals surface area (Å²) in [6, 6.07) is 8.49. The van der Waals surface area contributed by atoms with Crippen LogP contribution in [0.25, 0.3) is 0 Å². The molecule has 3 saturated heterocycles. The van der Waals surface area contributed by atoms with Crippen molar-refractivity contribution in [3.05, 3.63) is 35.9 Å². The van der Waals surface area contributed by atoms with Gasteiger partial charge in [-0.05, 0) is 51.5 Å². The number of hydrogen-bond donors (Lipinski definition) is 3. The second-order valence-corrected chi connectivity index (χ2v) is 10.6. The minimum Gasteiger partial charge on any atom is -0.377 e. The number of carbonyl (C=O) groups excluding carboxylic acids is 4. The van der Waals surface area contributed by atoms with Crippen molar-refractivity contribution in [2.75, 3.05) is 79.3 Å².